The Kier molecular flexibility index (Phi) is 6.38. The molecule has 0 heterocycles. The summed E-state index contributed by atoms with van der Waals surface area (Å²) in [5.41, 5.74) is -0.713. The number of alkyl halides is 2. The van der Waals surface area contributed by atoms with Gasteiger partial charge in [-0.2, -0.15) is 8.78 Å². The first-order valence-corrected chi connectivity index (χ1v) is 7.66. The van der Waals surface area contributed by atoms with E-state index in [4.69, 9.17) is 4.74 Å². The Morgan fingerprint density at radius 1 is 1.00 bits per heavy atom. The highest BCUT2D eigenvalue weighted by molar-refractivity contribution is 5.85. The number of carbonyl (C=O) groups excluding carboxylic acids is 2. The summed E-state index contributed by atoms with van der Waals surface area (Å²) >= 11 is 0. The van der Waals surface area contributed by atoms with E-state index in [0.717, 1.165) is 43.5 Å². The van der Waals surface area contributed by atoms with E-state index in [9.17, 15) is 27.2 Å². The lowest BCUT2D eigenvalue weighted by atomic mass is 10.1. The van der Waals surface area contributed by atoms with Gasteiger partial charge in [0.05, 0.1) is 13.7 Å². The van der Waals surface area contributed by atoms with E-state index in [-0.39, 0.29) is 5.75 Å². The van der Waals surface area contributed by atoms with Gasteiger partial charge in [-0.05, 0) is 48.5 Å². The van der Waals surface area contributed by atoms with Gasteiger partial charge in [-0.15, -0.1) is 0 Å². The number of hydrogen-bond acceptors (Lipinski definition) is 4. The van der Waals surface area contributed by atoms with Crippen molar-refractivity contribution in [1.82, 2.24) is 5.32 Å². The van der Waals surface area contributed by atoms with Crippen molar-refractivity contribution in [3.63, 3.8) is 0 Å². The van der Waals surface area contributed by atoms with Crippen molar-refractivity contribution in [2.75, 3.05) is 13.7 Å². The Labute approximate surface area is 151 Å². The third kappa shape index (κ3) is 5.19. The van der Waals surface area contributed by atoms with Gasteiger partial charge in [0.25, 0.3) is 5.91 Å². The summed E-state index contributed by atoms with van der Waals surface area (Å²) in [5, 5.41) is 1.90. The highest BCUT2D eigenvalue weighted by atomic mass is 19.3. The number of nitrogens with one attached hydrogen (secondary N) is 1. The van der Waals surface area contributed by atoms with Crippen LogP contribution >= 0.6 is 0 Å². The normalized spacial score (nSPS) is 12.2. The SMILES string of the molecule is COC(=O)C(CNC(=O)C(F)(F)c1ccc(F)cc1)Oc1ccc(F)cc1. The second kappa shape index (κ2) is 8.52. The minimum Gasteiger partial charge on any atom is -0.477 e. The molecule has 1 N–H and O–H groups in total. The lowest BCUT2D eigenvalue weighted by Gasteiger charge is -2.20. The lowest BCUT2D eigenvalue weighted by Crippen LogP contribution is -2.45. The molecule has 2 aromatic rings. The molecule has 2 rings (SSSR count). The summed E-state index contributed by atoms with van der Waals surface area (Å²) in [5.74, 6) is -7.77. The minimum atomic E-state index is -3.95. The average Bonchev–Trinajstić information content (AvgIpc) is 2.66. The fraction of sp³-hybridized carbons (Fsp3) is 0.222. The van der Waals surface area contributed by atoms with Crippen LogP contribution in [0.25, 0.3) is 0 Å². The summed E-state index contributed by atoms with van der Waals surface area (Å²) < 4.78 is 63.8. The molecule has 9 heteroatoms. The number of halogens is 4. The first-order valence-electron chi connectivity index (χ1n) is 7.66. The van der Waals surface area contributed by atoms with Gasteiger partial charge in [-0.3, -0.25) is 4.79 Å². The molecule has 0 bridgehead atoms. The molecule has 0 saturated carbocycles. The second-order valence-corrected chi connectivity index (χ2v) is 5.37. The highest BCUT2D eigenvalue weighted by Gasteiger charge is 2.41. The number of esters is 1. The van der Waals surface area contributed by atoms with Crippen molar-refractivity contribution in [2.45, 2.75) is 12.0 Å². The Hall–Kier alpha value is -3.10. The zero-order valence-electron chi connectivity index (χ0n) is 14.0. The van der Waals surface area contributed by atoms with Gasteiger partial charge < -0.3 is 14.8 Å². The molecular weight excluding hydrogens is 370 g/mol. The maximum Gasteiger partial charge on any atom is 0.349 e. The summed E-state index contributed by atoms with van der Waals surface area (Å²) in [4.78, 5) is 23.6. The van der Waals surface area contributed by atoms with Crippen LogP contribution in [0.3, 0.4) is 0 Å². The van der Waals surface area contributed by atoms with Crippen molar-refractivity contribution >= 4 is 11.9 Å². The third-order valence-corrected chi connectivity index (χ3v) is 3.50. The van der Waals surface area contributed by atoms with Crippen molar-refractivity contribution in [3.8, 4) is 5.75 Å². The first-order chi connectivity index (χ1) is 12.7. The Morgan fingerprint density at radius 3 is 2.04 bits per heavy atom. The van der Waals surface area contributed by atoms with Crippen molar-refractivity contribution < 1.29 is 36.6 Å². The van der Waals surface area contributed by atoms with Gasteiger partial charge in [0.2, 0.25) is 6.10 Å². The predicted molar refractivity (Wildman–Crippen MR) is 86.1 cm³/mol. The molecule has 27 heavy (non-hydrogen) atoms. The number of amides is 1. The van der Waals surface area contributed by atoms with E-state index >= 15 is 0 Å². The van der Waals surface area contributed by atoms with Gasteiger partial charge in [-0.1, -0.05) is 0 Å². The molecule has 2 aromatic carbocycles. The van der Waals surface area contributed by atoms with Gasteiger partial charge in [-0.25, -0.2) is 13.6 Å². The minimum absolute atomic E-state index is 0.0753. The summed E-state index contributed by atoms with van der Waals surface area (Å²) in [6, 6.07) is 7.75. The number of hydrogen-bond donors (Lipinski definition) is 1. The molecule has 0 aliphatic rings. The number of methoxy groups -OCH3 is 1. The van der Waals surface area contributed by atoms with Crippen molar-refractivity contribution in [3.05, 3.63) is 65.7 Å². The fourth-order valence-corrected chi connectivity index (χ4v) is 2.07. The van der Waals surface area contributed by atoms with Gasteiger partial charge in [0, 0.05) is 5.56 Å². The molecule has 1 atom stereocenters. The van der Waals surface area contributed by atoms with Gasteiger partial charge >= 0.3 is 11.9 Å². The molecule has 0 aliphatic carbocycles. The smallest absolute Gasteiger partial charge is 0.349 e. The van der Waals surface area contributed by atoms with Gasteiger partial charge in [0.1, 0.15) is 17.4 Å². The molecule has 1 unspecified atom stereocenters. The maximum absolute atomic E-state index is 14.2. The quantitative estimate of drug-likeness (QED) is 0.588. The highest BCUT2D eigenvalue weighted by Crippen LogP contribution is 2.28. The second-order valence-electron chi connectivity index (χ2n) is 5.37. The topological polar surface area (TPSA) is 64.6 Å². The lowest BCUT2D eigenvalue weighted by molar-refractivity contribution is -0.151. The molecule has 0 aliphatic heterocycles. The zero-order valence-corrected chi connectivity index (χ0v) is 14.0. The van der Waals surface area contributed by atoms with Crippen LogP contribution in [0.15, 0.2) is 48.5 Å². The van der Waals surface area contributed by atoms with Crippen LogP contribution in [0.5, 0.6) is 5.75 Å². The molecule has 5 nitrogen and oxygen atoms in total. The van der Waals surface area contributed by atoms with Crippen LogP contribution in [0, 0.1) is 11.6 Å². The summed E-state index contributed by atoms with van der Waals surface area (Å²) in [7, 11) is 1.05. The van der Waals surface area contributed by atoms with Crippen LogP contribution < -0.4 is 10.1 Å². The Balaban J connectivity index is 2.06. The molecule has 0 spiro atoms. The number of ether oxygens (including phenoxy) is 2. The van der Waals surface area contributed by atoms with Gasteiger partial charge in [0.15, 0.2) is 0 Å². The Morgan fingerprint density at radius 2 is 1.52 bits per heavy atom. The standard InChI is InChI=1S/C18H15F4NO4/c1-26-16(24)15(27-14-8-6-13(20)7-9-14)10-23-17(25)18(21,22)11-2-4-12(19)5-3-11/h2-9,15H,10H2,1H3,(H,23,25). The maximum atomic E-state index is 14.2. The Bertz CT molecular complexity index is 794. The van der Waals surface area contributed by atoms with Crippen molar-refractivity contribution in [1.29, 1.82) is 0 Å². The predicted octanol–water partition coefficient (Wildman–Crippen LogP) is 2.79. The molecule has 0 radical (unpaired) electrons. The van der Waals surface area contributed by atoms with Crippen LogP contribution in [-0.2, 0) is 20.2 Å². The molecule has 1 amide bonds. The molecular formula is C18H15F4NO4. The summed E-state index contributed by atoms with van der Waals surface area (Å²) in [6.07, 6.45) is -1.44. The fourth-order valence-electron chi connectivity index (χ4n) is 2.07. The number of carbonyl (C=O) groups is 2. The van der Waals surface area contributed by atoms with E-state index in [2.05, 4.69) is 4.74 Å². The van der Waals surface area contributed by atoms with E-state index in [1.807, 2.05) is 5.32 Å². The van der Waals surface area contributed by atoms with Crippen LogP contribution in [0.4, 0.5) is 17.6 Å². The van der Waals surface area contributed by atoms with Crippen molar-refractivity contribution in [2.24, 2.45) is 0 Å². The summed E-state index contributed by atoms with van der Waals surface area (Å²) in [6.45, 7) is -0.625. The van der Waals surface area contributed by atoms with E-state index in [1.165, 1.54) is 12.1 Å². The third-order valence-electron chi connectivity index (χ3n) is 3.50. The molecule has 0 aromatic heterocycles. The van der Waals surface area contributed by atoms with E-state index in [0.29, 0.717) is 0 Å². The molecule has 144 valence electrons. The number of rotatable bonds is 7. The van der Waals surface area contributed by atoms with E-state index < -0.39 is 47.6 Å². The first kappa shape index (κ1) is 20.2. The van der Waals surface area contributed by atoms with E-state index in [1.54, 1.807) is 0 Å². The van der Waals surface area contributed by atoms with Crippen LogP contribution in [-0.4, -0.2) is 31.6 Å². The average molecular weight is 385 g/mol. The monoisotopic (exact) mass is 385 g/mol. The largest absolute Gasteiger partial charge is 0.477 e. The zero-order chi connectivity index (χ0) is 20.0. The van der Waals surface area contributed by atoms with Crippen LogP contribution in [0.1, 0.15) is 5.56 Å². The molecule has 0 saturated heterocycles. The van der Waals surface area contributed by atoms with Crippen LogP contribution in [0.2, 0.25) is 0 Å². The molecule has 0 fully saturated rings. The number of benzene rings is 2.